The molecule has 1 aliphatic heterocycles. The van der Waals surface area contributed by atoms with Crippen molar-refractivity contribution in [3.63, 3.8) is 0 Å². The van der Waals surface area contributed by atoms with Gasteiger partial charge in [0.15, 0.2) is 0 Å². The highest BCUT2D eigenvalue weighted by molar-refractivity contribution is 5.94. The van der Waals surface area contributed by atoms with Crippen molar-refractivity contribution in [2.24, 2.45) is 0 Å². The number of alkyl halides is 3. The Morgan fingerprint density at radius 1 is 0.967 bits per heavy atom. The average Bonchev–Trinajstić information content (AvgIpc) is 2.76. The van der Waals surface area contributed by atoms with Gasteiger partial charge in [0.05, 0.1) is 5.56 Å². The van der Waals surface area contributed by atoms with Gasteiger partial charge in [0, 0.05) is 37.9 Å². The first-order valence-electron chi connectivity index (χ1n) is 10.5. The minimum Gasteiger partial charge on any atom is -0.353 e. The van der Waals surface area contributed by atoms with Gasteiger partial charge in [-0.1, -0.05) is 38.3 Å². The molecule has 0 atom stereocenters. The Morgan fingerprint density at radius 2 is 1.67 bits per heavy atom. The molecule has 1 aliphatic rings. The fourth-order valence-electron chi connectivity index (χ4n) is 3.63. The second-order valence-electron chi connectivity index (χ2n) is 7.69. The van der Waals surface area contributed by atoms with E-state index >= 15 is 0 Å². The third-order valence-corrected chi connectivity index (χ3v) is 5.49. The lowest BCUT2D eigenvalue weighted by atomic mass is 10.0. The van der Waals surface area contributed by atoms with Crippen LogP contribution in [0, 0.1) is 0 Å². The molecule has 0 aliphatic carbocycles. The molecule has 2 heterocycles. The molecule has 162 valence electrons. The molecule has 7 heteroatoms. The van der Waals surface area contributed by atoms with E-state index in [1.807, 2.05) is 29.2 Å². The van der Waals surface area contributed by atoms with Crippen LogP contribution in [0.4, 0.5) is 19.0 Å². The van der Waals surface area contributed by atoms with Crippen molar-refractivity contribution in [1.82, 2.24) is 9.88 Å². The van der Waals surface area contributed by atoms with Crippen molar-refractivity contribution in [2.45, 2.75) is 45.2 Å². The van der Waals surface area contributed by atoms with Crippen LogP contribution < -0.4 is 4.90 Å². The number of anilines is 1. The smallest absolute Gasteiger partial charge is 0.353 e. The van der Waals surface area contributed by atoms with Crippen LogP contribution in [0.5, 0.6) is 0 Å². The summed E-state index contributed by atoms with van der Waals surface area (Å²) in [5, 5.41) is 0. The number of halogens is 3. The number of pyridine rings is 1. The quantitative estimate of drug-likeness (QED) is 0.580. The molecule has 2 aromatic rings. The van der Waals surface area contributed by atoms with Crippen LogP contribution in [-0.4, -0.2) is 42.0 Å². The maximum Gasteiger partial charge on any atom is 0.417 e. The van der Waals surface area contributed by atoms with Crippen LogP contribution >= 0.6 is 0 Å². The van der Waals surface area contributed by atoms with E-state index in [-0.39, 0.29) is 5.91 Å². The minimum atomic E-state index is -4.39. The molecule has 0 unspecified atom stereocenters. The molecule has 1 fully saturated rings. The van der Waals surface area contributed by atoms with Gasteiger partial charge in [0.1, 0.15) is 5.82 Å². The number of unbranched alkanes of at least 4 members (excludes halogenated alkanes) is 3. The highest BCUT2D eigenvalue weighted by atomic mass is 19.4. The molecule has 1 aromatic carbocycles. The largest absolute Gasteiger partial charge is 0.417 e. The molecule has 3 rings (SSSR count). The Morgan fingerprint density at radius 3 is 2.23 bits per heavy atom. The first-order valence-corrected chi connectivity index (χ1v) is 10.5. The molecule has 4 nitrogen and oxygen atoms in total. The van der Waals surface area contributed by atoms with E-state index in [9.17, 15) is 18.0 Å². The summed E-state index contributed by atoms with van der Waals surface area (Å²) in [4.78, 5) is 20.4. The highest BCUT2D eigenvalue weighted by Crippen LogP contribution is 2.29. The Labute approximate surface area is 175 Å². The Kier molecular flexibility index (Phi) is 7.34. The molecule has 0 N–H and O–H groups in total. The van der Waals surface area contributed by atoms with Crippen molar-refractivity contribution < 1.29 is 18.0 Å². The van der Waals surface area contributed by atoms with Gasteiger partial charge in [0.2, 0.25) is 0 Å². The number of amides is 1. The number of hydrogen-bond acceptors (Lipinski definition) is 3. The lowest BCUT2D eigenvalue weighted by Gasteiger charge is -2.35. The predicted octanol–water partition coefficient (Wildman–Crippen LogP) is 5.19. The van der Waals surface area contributed by atoms with E-state index < -0.39 is 11.7 Å². The summed E-state index contributed by atoms with van der Waals surface area (Å²) in [6, 6.07) is 10.3. The van der Waals surface area contributed by atoms with E-state index in [1.165, 1.54) is 37.3 Å². The first-order chi connectivity index (χ1) is 14.4. The maximum atomic E-state index is 12.8. The van der Waals surface area contributed by atoms with Gasteiger partial charge >= 0.3 is 6.18 Å². The average molecular weight is 419 g/mol. The Balaban J connectivity index is 1.51. The third-order valence-electron chi connectivity index (χ3n) is 5.49. The van der Waals surface area contributed by atoms with Gasteiger partial charge < -0.3 is 9.80 Å². The number of piperazine rings is 1. The van der Waals surface area contributed by atoms with E-state index in [0.717, 1.165) is 18.7 Å². The van der Waals surface area contributed by atoms with E-state index in [0.29, 0.717) is 37.6 Å². The minimum absolute atomic E-state index is 0.00689. The van der Waals surface area contributed by atoms with E-state index in [4.69, 9.17) is 0 Å². The standard InChI is InChI=1S/C23H28F3N3O/c1-2-3-4-5-6-18-7-9-19(10-8-18)22(30)29-15-13-28(14-16-29)21-12-11-20(17-27-21)23(24,25)26/h7-12,17H,2-6,13-16H2,1H3. The molecular formula is C23H28F3N3O. The van der Waals surface area contributed by atoms with Crippen LogP contribution in [-0.2, 0) is 12.6 Å². The summed E-state index contributed by atoms with van der Waals surface area (Å²) in [6.07, 6.45) is 2.38. The number of rotatable bonds is 7. The van der Waals surface area contributed by atoms with Crippen LogP contribution in [0.25, 0.3) is 0 Å². The van der Waals surface area contributed by atoms with E-state index in [2.05, 4.69) is 11.9 Å². The summed E-state index contributed by atoms with van der Waals surface area (Å²) in [5.74, 6) is 0.495. The zero-order valence-corrected chi connectivity index (χ0v) is 17.3. The number of aromatic nitrogens is 1. The number of carbonyl (C=O) groups excluding carboxylic acids is 1. The molecule has 1 aromatic heterocycles. The zero-order valence-electron chi connectivity index (χ0n) is 17.3. The Hall–Kier alpha value is -2.57. The van der Waals surface area contributed by atoms with Crippen LogP contribution in [0.3, 0.4) is 0 Å². The lowest BCUT2D eigenvalue weighted by molar-refractivity contribution is -0.137. The monoisotopic (exact) mass is 419 g/mol. The van der Waals surface area contributed by atoms with Gasteiger partial charge in [-0.15, -0.1) is 0 Å². The predicted molar refractivity (Wildman–Crippen MR) is 112 cm³/mol. The topological polar surface area (TPSA) is 36.4 Å². The molecule has 0 spiro atoms. The normalized spacial score (nSPS) is 14.8. The molecule has 0 saturated carbocycles. The van der Waals surface area contributed by atoms with Gasteiger partial charge in [-0.25, -0.2) is 4.98 Å². The number of aryl methyl sites for hydroxylation is 1. The fraction of sp³-hybridized carbons (Fsp3) is 0.478. The fourth-order valence-corrected chi connectivity index (χ4v) is 3.63. The van der Waals surface area contributed by atoms with Gasteiger partial charge in [0.25, 0.3) is 5.91 Å². The van der Waals surface area contributed by atoms with E-state index in [1.54, 1.807) is 4.90 Å². The molecule has 1 amide bonds. The lowest BCUT2D eigenvalue weighted by Crippen LogP contribution is -2.49. The maximum absolute atomic E-state index is 12.8. The first kappa shape index (κ1) is 22.1. The number of carbonyl (C=O) groups is 1. The summed E-state index contributed by atoms with van der Waals surface area (Å²) in [7, 11) is 0. The third kappa shape index (κ3) is 5.74. The molecule has 0 bridgehead atoms. The number of benzene rings is 1. The molecule has 0 radical (unpaired) electrons. The van der Waals surface area contributed by atoms with Crippen LogP contribution in [0.15, 0.2) is 42.6 Å². The highest BCUT2D eigenvalue weighted by Gasteiger charge is 2.31. The van der Waals surface area contributed by atoms with Crippen molar-refractivity contribution >= 4 is 11.7 Å². The van der Waals surface area contributed by atoms with Crippen molar-refractivity contribution in [1.29, 1.82) is 0 Å². The summed E-state index contributed by atoms with van der Waals surface area (Å²) < 4.78 is 38.0. The van der Waals surface area contributed by atoms with Crippen molar-refractivity contribution in [3.8, 4) is 0 Å². The summed E-state index contributed by atoms with van der Waals surface area (Å²) in [5.41, 5.74) is 1.17. The van der Waals surface area contributed by atoms with Gasteiger partial charge in [-0.05, 0) is 42.7 Å². The number of nitrogens with zero attached hydrogens (tertiary/aromatic N) is 3. The van der Waals surface area contributed by atoms with Crippen molar-refractivity contribution in [3.05, 3.63) is 59.3 Å². The van der Waals surface area contributed by atoms with Crippen molar-refractivity contribution in [2.75, 3.05) is 31.1 Å². The Bertz CT molecular complexity index is 811. The van der Waals surface area contributed by atoms with Crippen LogP contribution in [0.2, 0.25) is 0 Å². The summed E-state index contributed by atoms with van der Waals surface area (Å²) >= 11 is 0. The summed E-state index contributed by atoms with van der Waals surface area (Å²) in [6.45, 7) is 4.31. The second-order valence-corrected chi connectivity index (χ2v) is 7.69. The molecule has 1 saturated heterocycles. The molecule has 30 heavy (non-hydrogen) atoms. The van der Waals surface area contributed by atoms with Gasteiger partial charge in [-0.3, -0.25) is 4.79 Å². The van der Waals surface area contributed by atoms with Crippen LogP contribution in [0.1, 0.15) is 54.1 Å². The SMILES string of the molecule is CCCCCCc1ccc(C(=O)N2CCN(c3ccc(C(F)(F)F)cn3)CC2)cc1. The second kappa shape index (κ2) is 9.96. The molecular weight excluding hydrogens is 391 g/mol. The number of hydrogen-bond donors (Lipinski definition) is 0. The zero-order chi connectivity index (χ0) is 21.6. The van der Waals surface area contributed by atoms with Gasteiger partial charge in [-0.2, -0.15) is 13.2 Å².